The number of aliphatic hydroxyl groups excluding tert-OH is 1. The van der Waals surface area contributed by atoms with Crippen molar-refractivity contribution in [1.82, 2.24) is 9.97 Å². The van der Waals surface area contributed by atoms with Gasteiger partial charge in [0.05, 0.1) is 0 Å². The molecule has 0 aliphatic rings. The van der Waals surface area contributed by atoms with Crippen LogP contribution in [-0.2, 0) is 0 Å². The lowest BCUT2D eigenvalue weighted by Gasteiger charge is -1.88. The summed E-state index contributed by atoms with van der Waals surface area (Å²) in [7, 11) is 0. The second-order valence-corrected chi connectivity index (χ2v) is 2.43. The first-order valence-corrected chi connectivity index (χ1v) is 3.61. The van der Waals surface area contributed by atoms with Crippen molar-refractivity contribution >= 4 is 0 Å². The average Bonchev–Trinajstić information content (AvgIpc) is 2.02. The third-order valence-electron chi connectivity index (χ3n) is 1.24. The van der Waals surface area contributed by atoms with E-state index in [4.69, 9.17) is 5.11 Å². The Morgan fingerprint density at radius 3 is 2.77 bits per heavy atom. The molecule has 5 nitrogen and oxygen atoms in total. The molecule has 1 rings (SSSR count). The summed E-state index contributed by atoms with van der Waals surface area (Å²) in [6.45, 7) is 1.48. The van der Waals surface area contributed by atoms with Crippen LogP contribution in [0.2, 0.25) is 0 Å². The summed E-state index contributed by atoms with van der Waals surface area (Å²) in [4.78, 5) is 25.8. The Hall–Kier alpha value is -1.80. The van der Waals surface area contributed by atoms with Gasteiger partial charge >= 0.3 is 5.69 Å². The SMILES string of the molecule is CC(O)C#Cc1c[nH]c(=O)[nH]c1=O. The topological polar surface area (TPSA) is 85.9 Å². The van der Waals surface area contributed by atoms with E-state index in [9.17, 15) is 9.59 Å². The van der Waals surface area contributed by atoms with Crippen LogP contribution in [-0.4, -0.2) is 21.2 Å². The van der Waals surface area contributed by atoms with E-state index in [1.165, 1.54) is 13.1 Å². The fourth-order valence-corrected chi connectivity index (χ4v) is 0.685. The van der Waals surface area contributed by atoms with E-state index < -0.39 is 17.4 Å². The Morgan fingerprint density at radius 2 is 2.23 bits per heavy atom. The van der Waals surface area contributed by atoms with E-state index in [1.54, 1.807) is 0 Å². The van der Waals surface area contributed by atoms with Gasteiger partial charge < -0.3 is 10.1 Å². The first kappa shape index (κ1) is 9.29. The third kappa shape index (κ3) is 2.61. The quantitative estimate of drug-likeness (QED) is 0.438. The molecule has 5 heteroatoms. The molecule has 3 N–H and O–H groups in total. The first-order chi connectivity index (χ1) is 6.09. The lowest BCUT2D eigenvalue weighted by Crippen LogP contribution is -2.23. The maximum atomic E-state index is 11.0. The molecule has 0 aromatic carbocycles. The van der Waals surface area contributed by atoms with Gasteiger partial charge in [-0.05, 0) is 6.92 Å². The Labute approximate surface area is 73.4 Å². The molecule has 1 unspecified atom stereocenters. The van der Waals surface area contributed by atoms with Crippen molar-refractivity contribution < 1.29 is 5.11 Å². The Kier molecular flexibility index (Phi) is 2.67. The van der Waals surface area contributed by atoms with Gasteiger partial charge in [-0.25, -0.2) is 4.79 Å². The first-order valence-electron chi connectivity index (χ1n) is 3.61. The van der Waals surface area contributed by atoms with E-state index >= 15 is 0 Å². The van der Waals surface area contributed by atoms with Crippen LogP contribution in [0.4, 0.5) is 0 Å². The van der Waals surface area contributed by atoms with Crippen molar-refractivity contribution in [1.29, 1.82) is 0 Å². The zero-order valence-corrected chi connectivity index (χ0v) is 6.92. The Morgan fingerprint density at radius 1 is 1.54 bits per heavy atom. The van der Waals surface area contributed by atoms with Crippen LogP contribution in [0.1, 0.15) is 12.5 Å². The highest BCUT2D eigenvalue weighted by molar-refractivity contribution is 5.29. The van der Waals surface area contributed by atoms with Gasteiger partial charge in [-0.15, -0.1) is 0 Å². The van der Waals surface area contributed by atoms with E-state index in [0.29, 0.717) is 0 Å². The van der Waals surface area contributed by atoms with Gasteiger partial charge in [0, 0.05) is 6.20 Å². The molecule has 0 aliphatic carbocycles. The van der Waals surface area contributed by atoms with Crippen LogP contribution < -0.4 is 11.2 Å². The number of aliphatic hydroxyl groups is 1. The zero-order chi connectivity index (χ0) is 9.84. The largest absolute Gasteiger partial charge is 0.381 e. The number of rotatable bonds is 0. The van der Waals surface area contributed by atoms with Crippen molar-refractivity contribution in [3.63, 3.8) is 0 Å². The molecular formula is C8H8N2O3. The van der Waals surface area contributed by atoms with Gasteiger partial charge in [-0.2, -0.15) is 0 Å². The molecule has 1 heterocycles. The second kappa shape index (κ2) is 3.74. The summed E-state index contributed by atoms with van der Waals surface area (Å²) in [6, 6.07) is 0. The summed E-state index contributed by atoms with van der Waals surface area (Å²) in [5, 5.41) is 8.80. The monoisotopic (exact) mass is 180 g/mol. The lowest BCUT2D eigenvalue weighted by molar-refractivity contribution is 0.253. The van der Waals surface area contributed by atoms with Crippen LogP contribution in [0.15, 0.2) is 15.8 Å². The minimum Gasteiger partial charge on any atom is -0.381 e. The number of H-pyrrole nitrogens is 2. The molecule has 0 saturated heterocycles. The number of aromatic nitrogens is 2. The van der Waals surface area contributed by atoms with Gasteiger partial charge in [0.1, 0.15) is 11.7 Å². The minimum absolute atomic E-state index is 0.125. The minimum atomic E-state index is -0.800. The lowest BCUT2D eigenvalue weighted by atomic mass is 10.3. The van der Waals surface area contributed by atoms with Gasteiger partial charge in [0.15, 0.2) is 0 Å². The van der Waals surface area contributed by atoms with Crippen LogP contribution in [0.3, 0.4) is 0 Å². The zero-order valence-electron chi connectivity index (χ0n) is 6.92. The summed E-state index contributed by atoms with van der Waals surface area (Å²) in [5.41, 5.74) is -1.01. The van der Waals surface area contributed by atoms with Crippen molar-refractivity contribution in [2.45, 2.75) is 13.0 Å². The third-order valence-corrected chi connectivity index (χ3v) is 1.24. The molecule has 1 atom stereocenters. The van der Waals surface area contributed by atoms with E-state index in [1.807, 2.05) is 4.98 Å². The second-order valence-electron chi connectivity index (χ2n) is 2.43. The number of nitrogens with one attached hydrogen (secondary N) is 2. The van der Waals surface area contributed by atoms with Crippen molar-refractivity contribution in [3.8, 4) is 11.8 Å². The predicted molar refractivity (Wildman–Crippen MR) is 46.2 cm³/mol. The molecule has 0 spiro atoms. The summed E-state index contributed by atoms with van der Waals surface area (Å²) in [5.74, 6) is 4.81. The number of hydrogen-bond donors (Lipinski definition) is 3. The number of hydrogen-bond acceptors (Lipinski definition) is 3. The van der Waals surface area contributed by atoms with E-state index in [2.05, 4.69) is 16.8 Å². The smallest absolute Gasteiger partial charge is 0.325 e. The van der Waals surface area contributed by atoms with Gasteiger partial charge in [-0.3, -0.25) is 9.78 Å². The molecule has 0 radical (unpaired) electrons. The fourth-order valence-electron chi connectivity index (χ4n) is 0.685. The summed E-state index contributed by atoms with van der Waals surface area (Å²) < 4.78 is 0. The Balaban J connectivity index is 3.13. The summed E-state index contributed by atoms with van der Waals surface area (Å²) in [6.07, 6.45) is 0.405. The van der Waals surface area contributed by atoms with E-state index in [0.717, 1.165) is 0 Å². The van der Waals surface area contributed by atoms with Crippen molar-refractivity contribution in [2.24, 2.45) is 0 Å². The van der Waals surface area contributed by atoms with Crippen LogP contribution in [0.5, 0.6) is 0 Å². The maximum Gasteiger partial charge on any atom is 0.325 e. The van der Waals surface area contributed by atoms with Crippen molar-refractivity contribution in [2.75, 3.05) is 0 Å². The normalized spacial score (nSPS) is 11.5. The molecule has 0 fully saturated rings. The molecule has 0 amide bonds. The molecule has 0 saturated carbocycles. The highest BCUT2D eigenvalue weighted by Crippen LogP contribution is 1.80. The molecule has 0 bridgehead atoms. The highest BCUT2D eigenvalue weighted by atomic mass is 16.3. The van der Waals surface area contributed by atoms with Gasteiger partial charge in [0.25, 0.3) is 5.56 Å². The van der Waals surface area contributed by atoms with Crippen LogP contribution in [0.25, 0.3) is 0 Å². The van der Waals surface area contributed by atoms with Gasteiger partial charge in [0.2, 0.25) is 0 Å². The fraction of sp³-hybridized carbons (Fsp3) is 0.250. The molecule has 0 aliphatic heterocycles. The van der Waals surface area contributed by atoms with Crippen LogP contribution in [0, 0.1) is 11.8 Å². The predicted octanol–water partition coefficient (Wildman–Crippen LogP) is -1.20. The molecule has 1 aromatic heterocycles. The highest BCUT2D eigenvalue weighted by Gasteiger charge is 1.94. The van der Waals surface area contributed by atoms with Crippen LogP contribution >= 0.6 is 0 Å². The molecule has 68 valence electrons. The number of aromatic amines is 2. The standard InChI is InChI=1S/C8H8N2O3/c1-5(11)2-3-6-4-9-8(13)10-7(6)12/h4-5,11H,1H3,(H2,9,10,12,13). The molecule has 1 aromatic rings. The average molecular weight is 180 g/mol. The Bertz CT molecular complexity index is 459. The molecule has 13 heavy (non-hydrogen) atoms. The van der Waals surface area contributed by atoms with Gasteiger partial charge in [-0.1, -0.05) is 11.8 Å². The van der Waals surface area contributed by atoms with Crippen molar-refractivity contribution in [3.05, 3.63) is 32.6 Å². The maximum absolute atomic E-state index is 11.0. The molecular weight excluding hydrogens is 172 g/mol. The summed E-state index contributed by atoms with van der Waals surface area (Å²) >= 11 is 0. The van der Waals surface area contributed by atoms with E-state index in [-0.39, 0.29) is 5.56 Å².